The number of nitrogens with zero attached hydrogens (tertiary/aromatic N) is 1. The minimum Gasteiger partial charge on any atom is -0.328 e. The molecule has 1 fully saturated rings. The van der Waals surface area contributed by atoms with Gasteiger partial charge in [-0.2, -0.15) is 0 Å². The highest BCUT2D eigenvalue weighted by atomic mass is 15.1. The molecule has 0 unspecified atom stereocenters. The summed E-state index contributed by atoms with van der Waals surface area (Å²) < 4.78 is 0. The summed E-state index contributed by atoms with van der Waals surface area (Å²) in [5.74, 6) is 0. The predicted molar refractivity (Wildman–Crippen MR) is 48.6 cm³/mol. The Bertz CT molecular complexity index is 95.7. The van der Waals surface area contributed by atoms with E-state index < -0.39 is 0 Å². The van der Waals surface area contributed by atoms with E-state index in [9.17, 15) is 0 Å². The van der Waals surface area contributed by atoms with Crippen LogP contribution in [0.15, 0.2) is 0 Å². The van der Waals surface area contributed by atoms with Gasteiger partial charge in [-0.05, 0) is 52.2 Å². The van der Waals surface area contributed by atoms with Gasteiger partial charge in [-0.3, -0.25) is 0 Å². The van der Waals surface area contributed by atoms with Crippen LogP contribution in [0.3, 0.4) is 0 Å². The van der Waals surface area contributed by atoms with Crippen molar-refractivity contribution in [1.82, 2.24) is 4.90 Å². The summed E-state index contributed by atoms with van der Waals surface area (Å²) in [6.07, 6.45) is 5.25. The maximum absolute atomic E-state index is 5.66. The Balaban J connectivity index is 1.94. The summed E-state index contributed by atoms with van der Waals surface area (Å²) in [7, 11) is 0. The van der Waals surface area contributed by atoms with Gasteiger partial charge in [0.15, 0.2) is 0 Å². The Labute approximate surface area is 69.8 Å². The van der Waals surface area contributed by atoms with Gasteiger partial charge >= 0.3 is 0 Å². The molecule has 0 spiro atoms. The van der Waals surface area contributed by atoms with Gasteiger partial charge in [0.1, 0.15) is 0 Å². The molecule has 0 aromatic heterocycles. The summed E-state index contributed by atoms with van der Waals surface area (Å²) >= 11 is 0. The molecule has 1 saturated heterocycles. The predicted octanol–water partition coefficient (Wildman–Crippen LogP) is 1.21. The van der Waals surface area contributed by atoms with Crippen LogP contribution in [-0.4, -0.2) is 30.6 Å². The van der Waals surface area contributed by atoms with Gasteiger partial charge in [0.25, 0.3) is 0 Å². The summed E-state index contributed by atoms with van der Waals surface area (Å²) in [6, 6.07) is 0.387. The summed E-state index contributed by atoms with van der Waals surface area (Å²) in [4.78, 5) is 2.54. The van der Waals surface area contributed by atoms with Crippen LogP contribution in [0.5, 0.6) is 0 Å². The molecule has 1 aliphatic rings. The molecule has 1 aliphatic heterocycles. The largest absolute Gasteiger partial charge is 0.328 e. The monoisotopic (exact) mass is 156 g/mol. The Morgan fingerprint density at radius 3 is 2.55 bits per heavy atom. The molecule has 2 nitrogen and oxygen atoms in total. The van der Waals surface area contributed by atoms with Gasteiger partial charge in [-0.1, -0.05) is 0 Å². The van der Waals surface area contributed by atoms with Crippen LogP contribution in [0.2, 0.25) is 0 Å². The van der Waals surface area contributed by atoms with Gasteiger partial charge in [0.2, 0.25) is 0 Å². The lowest BCUT2D eigenvalue weighted by molar-refractivity contribution is 0.326. The molecule has 1 rings (SSSR count). The van der Waals surface area contributed by atoms with E-state index >= 15 is 0 Å². The van der Waals surface area contributed by atoms with Crippen LogP contribution in [0.25, 0.3) is 0 Å². The molecule has 1 heterocycles. The molecular weight excluding hydrogens is 136 g/mol. The number of likely N-dealkylation sites (tertiary alicyclic amines) is 1. The third kappa shape index (κ3) is 3.73. The highest BCUT2D eigenvalue weighted by Gasteiger charge is 2.10. The van der Waals surface area contributed by atoms with E-state index in [1.54, 1.807) is 0 Å². The van der Waals surface area contributed by atoms with Crippen LogP contribution < -0.4 is 5.73 Å². The fraction of sp³-hybridized carbons (Fsp3) is 1.00. The van der Waals surface area contributed by atoms with Crippen LogP contribution >= 0.6 is 0 Å². The molecule has 66 valence electrons. The van der Waals surface area contributed by atoms with Crippen LogP contribution in [0.4, 0.5) is 0 Å². The number of rotatable bonds is 4. The lowest BCUT2D eigenvalue weighted by Crippen LogP contribution is -2.23. The summed E-state index contributed by atoms with van der Waals surface area (Å²) in [5.41, 5.74) is 5.66. The van der Waals surface area contributed by atoms with Crippen molar-refractivity contribution in [3.8, 4) is 0 Å². The Kier molecular flexibility index (Phi) is 3.87. The van der Waals surface area contributed by atoms with E-state index in [0.29, 0.717) is 6.04 Å². The average Bonchev–Trinajstić information content (AvgIpc) is 2.39. The van der Waals surface area contributed by atoms with Crippen LogP contribution in [-0.2, 0) is 0 Å². The molecular formula is C9H20N2. The maximum atomic E-state index is 5.66. The highest BCUT2D eigenvalue weighted by Crippen LogP contribution is 2.08. The molecule has 0 aromatic carbocycles. The SMILES string of the molecule is C[C@H](N)CCCN1CCCC1. The first kappa shape index (κ1) is 9.01. The van der Waals surface area contributed by atoms with E-state index in [2.05, 4.69) is 11.8 Å². The van der Waals surface area contributed by atoms with Gasteiger partial charge in [-0.15, -0.1) is 0 Å². The molecule has 1 atom stereocenters. The normalized spacial score (nSPS) is 22.4. The Morgan fingerprint density at radius 2 is 2.00 bits per heavy atom. The number of nitrogens with two attached hydrogens (primary N) is 1. The van der Waals surface area contributed by atoms with E-state index in [0.717, 1.165) is 0 Å². The smallest absolute Gasteiger partial charge is 0.00109 e. The van der Waals surface area contributed by atoms with E-state index in [-0.39, 0.29) is 0 Å². The minimum absolute atomic E-state index is 0.387. The molecule has 11 heavy (non-hydrogen) atoms. The average molecular weight is 156 g/mol. The molecule has 0 amide bonds. The van der Waals surface area contributed by atoms with Crippen molar-refractivity contribution in [3.05, 3.63) is 0 Å². The quantitative estimate of drug-likeness (QED) is 0.663. The van der Waals surface area contributed by atoms with Crippen molar-refractivity contribution in [2.24, 2.45) is 5.73 Å². The topological polar surface area (TPSA) is 29.3 Å². The van der Waals surface area contributed by atoms with Crippen molar-refractivity contribution in [1.29, 1.82) is 0 Å². The molecule has 0 saturated carbocycles. The summed E-state index contributed by atoms with van der Waals surface area (Å²) in [6.45, 7) is 5.99. The van der Waals surface area contributed by atoms with Crippen molar-refractivity contribution < 1.29 is 0 Å². The van der Waals surface area contributed by atoms with Crippen molar-refractivity contribution >= 4 is 0 Å². The molecule has 0 radical (unpaired) electrons. The first-order valence-electron chi connectivity index (χ1n) is 4.77. The molecule has 0 aromatic rings. The second kappa shape index (κ2) is 4.73. The Hall–Kier alpha value is -0.0800. The highest BCUT2D eigenvalue weighted by molar-refractivity contribution is 4.66. The van der Waals surface area contributed by atoms with E-state index in [1.807, 2.05) is 0 Å². The van der Waals surface area contributed by atoms with E-state index in [4.69, 9.17) is 5.73 Å². The van der Waals surface area contributed by atoms with Crippen molar-refractivity contribution in [3.63, 3.8) is 0 Å². The standard InChI is InChI=1S/C9H20N2/c1-9(10)5-4-8-11-6-2-3-7-11/h9H,2-8,10H2,1H3/t9-/m0/s1. The van der Waals surface area contributed by atoms with Crippen LogP contribution in [0.1, 0.15) is 32.6 Å². The third-order valence-corrected chi connectivity index (χ3v) is 2.33. The summed E-state index contributed by atoms with van der Waals surface area (Å²) in [5, 5.41) is 0. The van der Waals surface area contributed by atoms with Crippen molar-refractivity contribution in [2.75, 3.05) is 19.6 Å². The molecule has 2 N–H and O–H groups in total. The van der Waals surface area contributed by atoms with Crippen LogP contribution in [0, 0.1) is 0 Å². The minimum atomic E-state index is 0.387. The zero-order valence-corrected chi connectivity index (χ0v) is 7.55. The third-order valence-electron chi connectivity index (χ3n) is 2.33. The molecule has 2 heteroatoms. The lowest BCUT2D eigenvalue weighted by atomic mass is 10.2. The van der Waals surface area contributed by atoms with Gasteiger partial charge in [0.05, 0.1) is 0 Å². The second-order valence-electron chi connectivity index (χ2n) is 3.67. The zero-order valence-electron chi connectivity index (χ0n) is 7.55. The fourth-order valence-electron chi connectivity index (χ4n) is 1.64. The van der Waals surface area contributed by atoms with Gasteiger partial charge in [-0.25, -0.2) is 0 Å². The second-order valence-corrected chi connectivity index (χ2v) is 3.67. The fourth-order valence-corrected chi connectivity index (χ4v) is 1.64. The lowest BCUT2D eigenvalue weighted by Gasteiger charge is -2.14. The van der Waals surface area contributed by atoms with E-state index in [1.165, 1.54) is 45.3 Å². The number of hydrogen-bond donors (Lipinski definition) is 1. The first-order valence-corrected chi connectivity index (χ1v) is 4.77. The Morgan fingerprint density at radius 1 is 1.36 bits per heavy atom. The van der Waals surface area contributed by atoms with Gasteiger partial charge < -0.3 is 10.6 Å². The zero-order chi connectivity index (χ0) is 8.10. The molecule has 0 aliphatic carbocycles. The maximum Gasteiger partial charge on any atom is 0.00109 e. The van der Waals surface area contributed by atoms with Gasteiger partial charge in [0, 0.05) is 6.04 Å². The number of hydrogen-bond acceptors (Lipinski definition) is 2. The first-order chi connectivity index (χ1) is 5.29. The van der Waals surface area contributed by atoms with Crippen molar-refractivity contribution in [2.45, 2.75) is 38.6 Å². The molecule has 0 bridgehead atoms.